The van der Waals surface area contributed by atoms with Gasteiger partial charge in [-0.15, -0.1) is 24.0 Å². The van der Waals surface area contributed by atoms with E-state index in [1.807, 2.05) is 14.0 Å². The van der Waals surface area contributed by atoms with Crippen molar-refractivity contribution >= 4 is 29.9 Å². The second-order valence-electron chi connectivity index (χ2n) is 7.36. The van der Waals surface area contributed by atoms with Crippen LogP contribution in [0.25, 0.3) is 0 Å². The van der Waals surface area contributed by atoms with Crippen LogP contribution in [0.2, 0.25) is 0 Å². The molecule has 2 rings (SSSR count). The Morgan fingerprint density at radius 2 is 2.07 bits per heavy atom. The molecule has 166 valence electrons. The number of nitrogens with one attached hydrogen (secondary N) is 2. The summed E-state index contributed by atoms with van der Waals surface area (Å²) in [5.74, 6) is 2.44. The number of guanidine groups is 1. The number of aryl methyl sites for hydroxylation is 1. The van der Waals surface area contributed by atoms with Crippen LogP contribution < -0.4 is 15.4 Å². The lowest BCUT2D eigenvalue weighted by Gasteiger charge is -2.32. The monoisotopic (exact) mass is 518 g/mol. The standard InChI is InChI=1S/C22H38N4O2.HI/c1-5-26-11-7-8-19(17-26)15-24-22(23-4)25-16-20-10-9-18(3)14-21(20)28-13-12-27-6-2;/h9-10,14,19H,5-8,11-13,15-17H2,1-4H3,(H2,23,24,25);1H. The molecule has 0 spiro atoms. The molecule has 0 saturated carbocycles. The number of piperidine rings is 1. The van der Waals surface area contributed by atoms with Gasteiger partial charge in [-0.25, -0.2) is 0 Å². The van der Waals surface area contributed by atoms with Gasteiger partial charge in [-0.05, 0) is 57.3 Å². The second kappa shape index (κ2) is 14.8. The van der Waals surface area contributed by atoms with Crippen LogP contribution in [-0.2, 0) is 11.3 Å². The molecule has 6 nitrogen and oxygen atoms in total. The maximum absolute atomic E-state index is 5.93. The third kappa shape index (κ3) is 9.53. The predicted octanol–water partition coefficient (Wildman–Crippen LogP) is 3.43. The molecule has 7 heteroatoms. The Morgan fingerprint density at radius 3 is 2.79 bits per heavy atom. The zero-order valence-corrected chi connectivity index (χ0v) is 20.8. The largest absolute Gasteiger partial charge is 0.491 e. The van der Waals surface area contributed by atoms with Crippen molar-refractivity contribution < 1.29 is 9.47 Å². The Bertz CT molecular complexity index is 612. The minimum absolute atomic E-state index is 0. The summed E-state index contributed by atoms with van der Waals surface area (Å²) in [4.78, 5) is 6.91. The van der Waals surface area contributed by atoms with Crippen molar-refractivity contribution in [1.29, 1.82) is 0 Å². The van der Waals surface area contributed by atoms with Crippen molar-refractivity contribution in [3.05, 3.63) is 29.3 Å². The molecule has 1 atom stereocenters. The van der Waals surface area contributed by atoms with Crippen molar-refractivity contribution in [2.75, 3.05) is 53.0 Å². The van der Waals surface area contributed by atoms with Crippen LogP contribution in [0.3, 0.4) is 0 Å². The summed E-state index contributed by atoms with van der Waals surface area (Å²) in [6, 6.07) is 6.32. The summed E-state index contributed by atoms with van der Waals surface area (Å²) >= 11 is 0. The fourth-order valence-electron chi connectivity index (χ4n) is 3.54. The molecule has 0 bridgehead atoms. The average Bonchev–Trinajstić information content (AvgIpc) is 2.72. The maximum Gasteiger partial charge on any atom is 0.191 e. The van der Waals surface area contributed by atoms with Crippen molar-refractivity contribution in [2.45, 2.75) is 40.2 Å². The van der Waals surface area contributed by atoms with Crippen LogP contribution in [0.4, 0.5) is 0 Å². The topological polar surface area (TPSA) is 58.1 Å². The molecule has 1 unspecified atom stereocenters. The van der Waals surface area contributed by atoms with Gasteiger partial charge < -0.3 is 25.0 Å². The highest BCUT2D eigenvalue weighted by atomic mass is 127. The molecular formula is C22H39IN4O2. The summed E-state index contributed by atoms with van der Waals surface area (Å²) < 4.78 is 11.3. The molecular weight excluding hydrogens is 479 g/mol. The van der Waals surface area contributed by atoms with Gasteiger partial charge >= 0.3 is 0 Å². The highest BCUT2D eigenvalue weighted by Crippen LogP contribution is 2.20. The number of ether oxygens (including phenoxy) is 2. The fourth-order valence-corrected chi connectivity index (χ4v) is 3.54. The first-order chi connectivity index (χ1) is 13.7. The van der Waals surface area contributed by atoms with Crippen LogP contribution in [0.5, 0.6) is 5.75 Å². The van der Waals surface area contributed by atoms with Gasteiger partial charge in [0.05, 0.1) is 6.61 Å². The van der Waals surface area contributed by atoms with E-state index in [0.717, 1.165) is 30.4 Å². The van der Waals surface area contributed by atoms with Crippen LogP contribution in [0.15, 0.2) is 23.2 Å². The molecule has 1 heterocycles. The normalized spacial score (nSPS) is 17.5. The molecule has 2 N–H and O–H groups in total. The van der Waals surface area contributed by atoms with Crippen LogP contribution in [0, 0.1) is 12.8 Å². The highest BCUT2D eigenvalue weighted by molar-refractivity contribution is 14.0. The molecule has 1 aromatic carbocycles. The van der Waals surface area contributed by atoms with Crippen molar-refractivity contribution in [1.82, 2.24) is 15.5 Å². The molecule has 0 aromatic heterocycles. The summed E-state index contributed by atoms with van der Waals surface area (Å²) in [5.41, 5.74) is 2.32. The SMILES string of the molecule is CCOCCOc1cc(C)ccc1CNC(=NC)NCC1CCCN(CC)C1.I. The van der Waals surface area contributed by atoms with E-state index < -0.39 is 0 Å². The molecule has 1 saturated heterocycles. The van der Waals surface area contributed by atoms with Gasteiger partial charge in [0.15, 0.2) is 5.96 Å². The van der Waals surface area contributed by atoms with E-state index in [2.05, 4.69) is 52.6 Å². The Hall–Kier alpha value is -1.06. The minimum Gasteiger partial charge on any atom is -0.491 e. The molecule has 1 aliphatic heterocycles. The van der Waals surface area contributed by atoms with E-state index in [1.54, 1.807) is 0 Å². The zero-order valence-electron chi connectivity index (χ0n) is 18.5. The summed E-state index contributed by atoms with van der Waals surface area (Å²) in [5, 5.41) is 6.92. The zero-order chi connectivity index (χ0) is 20.2. The third-order valence-corrected chi connectivity index (χ3v) is 5.19. The van der Waals surface area contributed by atoms with Gasteiger partial charge in [-0.3, -0.25) is 4.99 Å². The first-order valence-electron chi connectivity index (χ1n) is 10.6. The van der Waals surface area contributed by atoms with Crippen LogP contribution in [0.1, 0.15) is 37.8 Å². The van der Waals surface area contributed by atoms with E-state index >= 15 is 0 Å². The van der Waals surface area contributed by atoms with Gasteiger partial charge in [0.25, 0.3) is 0 Å². The number of halogens is 1. The smallest absolute Gasteiger partial charge is 0.191 e. The minimum atomic E-state index is 0. The highest BCUT2D eigenvalue weighted by Gasteiger charge is 2.18. The number of nitrogens with zero attached hydrogens (tertiary/aromatic N) is 2. The number of likely N-dealkylation sites (tertiary alicyclic amines) is 1. The number of hydrogen-bond acceptors (Lipinski definition) is 4. The predicted molar refractivity (Wildman–Crippen MR) is 132 cm³/mol. The maximum atomic E-state index is 5.93. The lowest BCUT2D eigenvalue weighted by atomic mass is 9.98. The molecule has 1 aromatic rings. The van der Waals surface area contributed by atoms with Gasteiger partial charge in [0.2, 0.25) is 0 Å². The third-order valence-electron chi connectivity index (χ3n) is 5.19. The van der Waals surface area contributed by atoms with Gasteiger partial charge in [0.1, 0.15) is 12.4 Å². The van der Waals surface area contributed by atoms with Gasteiger partial charge in [-0.2, -0.15) is 0 Å². The van der Waals surface area contributed by atoms with E-state index in [1.165, 1.54) is 31.5 Å². The lowest BCUT2D eigenvalue weighted by molar-refractivity contribution is 0.110. The molecule has 1 fully saturated rings. The Kier molecular flexibility index (Phi) is 13.3. The number of benzene rings is 1. The summed E-state index contributed by atoms with van der Waals surface area (Å²) in [6.45, 7) is 13.4. The Balaban J connectivity index is 0.00000420. The molecule has 0 radical (unpaired) electrons. The van der Waals surface area contributed by atoms with Crippen molar-refractivity contribution in [3.8, 4) is 5.75 Å². The first kappa shape index (κ1) is 26.0. The lowest BCUT2D eigenvalue weighted by Crippen LogP contribution is -2.44. The molecule has 1 aliphatic rings. The van der Waals surface area contributed by atoms with Crippen molar-refractivity contribution in [2.24, 2.45) is 10.9 Å². The van der Waals surface area contributed by atoms with Crippen LogP contribution in [-0.4, -0.2) is 63.9 Å². The van der Waals surface area contributed by atoms with E-state index in [4.69, 9.17) is 9.47 Å². The summed E-state index contributed by atoms with van der Waals surface area (Å²) in [6.07, 6.45) is 2.58. The van der Waals surface area contributed by atoms with E-state index in [-0.39, 0.29) is 24.0 Å². The Morgan fingerprint density at radius 1 is 1.24 bits per heavy atom. The summed E-state index contributed by atoms with van der Waals surface area (Å²) in [7, 11) is 1.82. The van der Waals surface area contributed by atoms with Gasteiger partial charge in [0, 0.05) is 38.9 Å². The molecule has 29 heavy (non-hydrogen) atoms. The fraction of sp³-hybridized carbons (Fsp3) is 0.682. The van der Waals surface area contributed by atoms with Gasteiger partial charge in [-0.1, -0.05) is 19.1 Å². The number of rotatable bonds is 10. The Labute approximate surface area is 193 Å². The average molecular weight is 518 g/mol. The van der Waals surface area contributed by atoms with Crippen LogP contribution >= 0.6 is 24.0 Å². The van der Waals surface area contributed by atoms with Crippen molar-refractivity contribution in [3.63, 3.8) is 0 Å². The van der Waals surface area contributed by atoms with E-state index in [9.17, 15) is 0 Å². The first-order valence-corrected chi connectivity index (χ1v) is 10.6. The quantitative estimate of drug-likeness (QED) is 0.215. The van der Waals surface area contributed by atoms with E-state index in [0.29, 0.717) is 32.3 Å². The molecule has 0 aliphatic carbocycles. The second-order valence-corrected chi connectivity index (χ2v) is 7.36. The number of aliphatic imine (C=N–C) groups is 1. The number of hydrogen-bond donors (Lipinski definition) is 2. The molecule has 0 amide bonds.